The third-order valence-electron chi connectivity index (χ3n) is 4.98. The summed E-state index contributed by atoms with van der Waals surface area (Å²) in [4.78, 5) is 24.9. The molecule has 1 N–H and O–H groups in total. The van der Waals surface area contributed by atoms with Crippen LogP contribution in [0.15, 0.2) is 60.3 Å². The number of carbonyl (C=O) groups is 2. The van der Waals surface area contributed by atoms with Crippen LogP contribution in [-0.2, 0) is 11.4 Å². The van der Waals surface area contributed by atoms with Gasteiger partial charge in [0.15, 0.2) is 11.5 Å². The Kier molecular flexibility index (Phi) is 6.13. The molecule has 3 amide bonds. The van der Waals surface area contributed by atoms with Crippen LogP contribution in [0.2, 0.25) is 0 Å². The van der Waals surface area contributed by atoms with Gasteiger partial charge in [-0.05, 0) is 69.6 Å². The predicted octanol–water partition coefficient (Wildman–Crippen LogP) is 4.94. The van der Waals surface area contributed by atoms with Crippen LogP contribution >= 0.6 is 22.6 Å². The average Bonchev–Trinajstić information content (AvgIpc) is 3.00. The van der Waals surface area contributed by atoms with E-state index in [2.05, 4.69) is 52.2 Å². The molecule has 4 rings (SSSR count). The van der Waals surface area contributed by atoms with Crippen LogP contribution in [0.25, 0.3) is 16.8 Å². The Morgan fingerprint density at radius 1 is 1.06 bits per heavy atom. The molecule has 0 aliphatic carbocycles. The van der Waals surface area contributed by atoms with E-state index in [0.717, 1.165) is 25.0 Å². The van der Waals surface area contributed by atoms with Crippen molar-refractivity contribution in [3.8, 4) is 11.5 Å². The van der Waals surface area contributed by atoms with Gasteiger partial charge in [-0.25, -0.2) is 4.79 Å². The molecule has 158 valence electrons. The van der Waals surface area contributed by atoms with Gasteiger partial charge in [-0.15, -0.1) is 0 Å². The van der Waals surface area contributed by atoms with E-state index in [4.69, 9.17) is 9.47 Å². The number of likely N-dealkylation sites (N-methyl/N-ethyl adjacent to an activating group) is 1. The van der Waals surface area contributed by atoms with E-state index in [1.165, 1.54) is 12.4 Å². The smallest absolute Gasteiger partial charge is 0.328 e. The van der Waals surface area contributed by atoms with Crippen molar-refractivity contribution in [1.29, 1.82) is 0 Å². The summed E-state index contributed by atoms with van der Waals surface area (Å²) in [5.41, 5.74) is 2.06. The predicted molar refractivity (Wildman–Crippen MR) is 128 cm³/mol. The lowest BCUT2D eigenvalue weighted by Crippen LogP contribution is -2.25. The summed E-state index contributed by atoms with van der Waals surface area (Å²) < 4.78 is 12.9. The maximum absolute atomic E-state index is 12.2. The van der Waals surface area contributed by atoms with Crippen LogP contribution in [0.1, 0.15) is 18.1 Å². The highest BCUT2D eigenvalue weighted by molar-refractivity contribution is 14.1. The third-order valence-corrected chi connectivity index (χ3v) is 5.78. The molecule has 1 heterocycles. The molecule has 0 unspecified atom stereocenters. The molecule has 0 radical (unpaired) electrons. The fourth-order valence-electron chi connectivity index (χ4n) is 3.43. The number of hydrogen-bond donors (Lipinski definition) is 1. The molecular formula is C24H21IN2O4. The van der Waals surface area contributed by atoms with Gasteiger partial charge in [0.1, 0.15) is 12.3 Å². The molecule has 3 aromatic carbocycles. The van der Waals surface area contributed by atoms with Gasteiger partial charge < -0.3 is 14.8 Å². The summed E-state index contributed by atoms with van der Waals surface area (Å²) >= 11 is 2.20. The van der Waals surface area contributed by atoms with Gasteiger partial charge in [0.2, 0.25) is 0 Å². The fourth-order valence-corrected chi connectivity index (χ4v) is 4.21. The number of ether oxygens (including phenoxy) is 2. The minimum absolute atomic E-state index is 0.232. The van der Waals surface area contributed by atoms with Crippen LogP contribution in [0.4, 0.5) is 4.79 Å². The minimum Gasteiger partial charge on any atom is -0.490 e. The van der Waals surface area contributed by atoms with Crippen LogP contribution in [-0.4, -0.2) is 30.5 Å². The molecule has 31 heavy (non-hydrogen) atoms. The van der Waals surface area contributed by atoms with E-state index in [0.29, 0.717) is 24.7 Å². The highest BCUT2D eigenvalue weighted by atomic mass is 127. The molecule has 0 aromatic heterocycles. The van der Waals surface area contributed by atoms with Crippen molar-refractivity contribution in [1.82, 2.24) is 10.2 Å². The molecule has 1 aliphatic rings. The molecule has 0 saturated carbocycles. The fraction of sp³-hybridized carbons (Fsp3) is 0.167. The van der Waals surface area contributed by atoms with Gasteiger partial charge in [-0.2, -0.15) is 0 Å². The van der Waals surface area contributed by atoms with Gasteiger partial charge >= 0.3 is 6.03 Å². The van der Waals surface area contributed by atoms with E-state index < -0.39 is 6.03 Å². The molecule has 3 aromatic rings. The quantitative estimate of drug-likeness (QED) is 0.280. The topological polar surface area (TPSA) is 67.9 Å². The van der Waals surface area contributed by atoms with E-state index >= 15 is 0 Å². The number of imide groups is 1. The van der Waals surface area contributed by atoms with Gasteiger partial charge in [0, 0.05) is 7.05 Å². The van der Waals surface area contributed by atoms with Crippen LogP contribution in [0, 0.1) is 3.57 Å². The first-order valence-corrected chi connectivity index (χ1v) is 10.9. The van der Waals surface area contributed by atoms with Crippen LogP contribution in [0.5, 0.6) is 11.5 Å². The molecule has 0 bridgehead atoms. The number of rotatable bonds is 6. The van der Waals surface area contributed by atoms with Crippen molar-refractivity contribution < 1.29 is 19.1 Å². The number of benzene rings is 3. The van der Waals surface area contributed by atoms with Crippen molar-refractivity contribution in [2.75, 3.05) is 13.7 Å². The zero-order chi connectivity index (χ0) is 22.0. The maximum atomic E-state index is 12.2. The lowest BCUT2D eigenvalue weighted by Gasteiger charge is -2.16. The molecule has 1 fully saturated rings. The highest BCUT2D eigenvalue weighted by Gasteiger charge is 2.30. The summed E-state index contributed by atoms with van der Waals surface area (Å²) in [6.45, 7) is 2.78. The van der Waals surface area contributed by atoms with Crippen molar-refractivity contribution >= 4 is 51.4 Å². The Morgan fingerprint density at radius 3 is 2.58 bits per heavy atom. The van der Waals surface area contributed by atoms with Crippen molar-refractivity contribution in [2.45, 2.75) is 13.5 Å². The van der Waals surface area contributed by atoms with Crippen molar-refractivity contribution in [3.05, 3.63) is 75.0 Å². The maximum Gasteiger partial charge on any atom is 0.328 e. The first-order chi connectivity index (χ1) is 15.0. The first-order valence-electron chi connectivity index (χ1n) is 9.84. The second kappa shape index (κ2) is 8.97. The largest absolute Gasteiger partial charge is 0.490 e. The van der Waals surface area contributed by atoms with Gasteiger partial charge in [0.05, 0.1) is 10.2 Å². The molecule has 0 atom stereocenters. The van der Waals surface area contributed by atoms with Crippen LogP contribution < -0.4 is 14.8 Å². The number of amides is 3. The lowest BCUT2D eigenvalue weighted by atomic mass is 10.1. The number of nitrogens with one attached hydrogen (secondary N) is 1. The normalized spacial score (nSPS) is 14.9. The second-order valence-corrected chi connectivity index (χ2v) is 8.20. The second-order valence-electron chi connectivity index (χ2n) is 7.04. The van der Waals surface area contributed by atoms with Crippen molar-refractivity contribution in [2.24, 2.45) is 0 Å². The molecule has 6 nitrogen and oxygen atoms in total. The lowest BCUT2D eigenvalue weighted by molar-refractivity contribution is -0.121. The zero-order valence-electron chi connectivity index (χ0n) is 17.1. The average molecular weight is 528 g/mol. The molecule has 7 heteroatoms. The Bertz CT molecular complexity index is 1200. The minimum atomic E-state index is -0.439. The third kappa shape index (κ3) is 4.36. The SMILES string of the molecule is CCOc1cc(/C=C2/NC(=O)N(C)C2=O)cc(I)c1OCc1cccc2ccccc12. The van der Waals surface area contributed by atoms with Crippen LogP contribution in [0.3, 0.4) is 0 Å². The standard InChI is InChI=1S/C24H21IN2O4/c1-3-30-21-13-15(12-20-23(28)27(2)24(29)26-20)11-19(25)22(21)31-14-17-9-6-8-16-7-4-5-10-18(16)17/h4-13H,3,14H2,1-2H3,(H,26,29)/b20-12+. The molecular weight excluding hydrogens is 507 g/mol. The summed E-state index contributed by atoms with van der Waals surface area (Å²) in [6.07, 6.45) is 1.64. The Balaban J connectivity index is 1.64. The van der Waals surface area contributed by atoms with E-state index in [-0.39, 0.29) is 11.6 Å². The molecule has 1 saturated heterocycles. The zero-order valence-corrected chi connectivity index (χ0v) is 19.3. The summed E-state index contributed by atoms with van der Waals surface area (Å²) in [6, 6.07) is 17.6. The number of nitrogens with zero attached hydrogens (tertiary/aromatic N) is 1. The van der Waals surface area contributed by atoms with Gasteiger partial charge in [-0.1, -0.05) is 42.5 Å². The highest BCUT2D eigenvalue weighted by Crippen LogP contribution is 2.36. The number of fused-ring (bicyclic) bond motifs is 1. The van der Waals surface area contributed by atoms with Crippen molar-refractivity contribution in [3.63, 3.8) is 0 Å². The monoisotopic (exact) mass is 528 g/mol. The van der Waals surface area contributed by atoms with Gasteiger partial charge in [0.25, 0.3) is 5.91 Å². The number of hydrogen-bond acceptors (Lipinski definition) is 4. The first kappa shape index (κ1) is 21.2. The van der Waals surface area contributed by atoms with E-state index in [9.17, 15) is 9.59 Å². The number of halogens is 1. The summed E-state index contributed by atoms with van der Waals surface area (Å²) in [7, 11) is 1.44. The van der Waals surface area contributed by atoms with E-state index in [1.54, 1.807) is 6.08 Å². The Morgan fingerprint density at radius 2 is 1.84 bits per heavy atom. The van der Waals surface area contributed by atoms with Gasteiger partial charge in [-0.3, -0.25) is 9.69 Å². The Hall–Kier alpha value is -3.07. The summed E-state index contributed by atoms with van der Waals surface area (Å²) in [5, 5.41) is 4.89. The van der Waals surface area contributed by atoms with E-state index in [1.807, 2.05) is 37.3 Å². The molecule has 0 spiro atoms. The number of carbonyl (C=O) groups excluding carboxylic acids is 2. The Labute approximate surface area is 194 Å². The summed E-state index contributed by atoms with van der Waals surface area (Å²) in [5.74, 6) is 0.873. The number of urea groups is 1. The molecule has 1 aliphatic heterocycles.